The van der Waals surface area contributed by atoms with Crippen LogP contribution in [0.15, 0.2) is 0 Å². The van der Waals surface area contributed by atoms with E-state index in [2.05, 4.69) is 0 Å². The van der Waals surface area contributed by atoms with E-state index >= 15 is 0 Å². The first kappa shape index (κ1) is 20.4. The zero-order chi connectivity index (χ0) is 12.4. The Balaban J connectivity index is -0.000000166. The van der Waals surface area contributed by atoms with Crippen molar-refractivity contribution in [3.63, 3.8) is 0 Å². The van der Waals surface area contributed by atoms with Crippen molar-refractivity contribution >= 4 is 40.9 Å². The molecular formula is C4H7MgN3O7S. The van der Waals surface area contributed by atoms with Gasteiger partial charge in [0.2, 0.25) is 5.91 Å². The second kappa shape index (κ2) is 12.1. The summed E-state index contributed by atoms with van der Waals surface area (Å²) in [6.45, 7) is 0. The van der Waals surface area contributed by atoms with Crippen molar-refractivity contribution in [2.45, 2.75) is 6.42 Å². The van der Waals surface area contributed by atoms with Crippen LogP contribution >= 0.6 is 11.9 Å². The summed E-state index contributed by atoms with van der Waals surface area (Å²) >= 11 is 1.59. The molecule has 12 heteroatoms. The number of carbonyl (C=O) groups is 1. The molecule has 0 unspecified atom stereocenters. The number of amides is 1. The summed E-state index contributed by atoms with van der Waals surface area (Å²) in [6, 6.07) is 0. The van der Waals surface area contributed by atoms with Crippen LogP contribution in [0, 0.1) is 30.6 Å². The summed E-state index contributed by atoms with van der Waals surface area (Å²) in [5, 5.41) is 29.5. The summed E-state index contributed by atoms with van der Waals surface area (Å²) in [4.78, 5) is 27.0. The van der Waals surface area contributed by atoms with Crippen molar-refractivity contribution in [1.29, 1.82) is 0 Å². The molecule has 1 saturated heterocycles. The van der Waals surface area contributed by atoms with E-state index in [4.69, 9.17) is 30.6 Å². The molecule has 0 aromatic heterocycles. The molecule has 1 amide bonds. The fourth-order valence-electron chi connectivity index (χ4n) is 0.499. The van der Waals surface area contributed by atoms with Crippen LogP contribution in [0.4, 0.5) is 0 Å². The summed E-state index contributed by atoms with van der Waals surface area (Å²) in [7, 11) is 1.81. The van der Waals surface area contributed by atoms with Gasteiger partial charge in [0.25, 0.3) is 0 Å². The summed E-state index contributed by atoms with van der Waals surface area (Å²) in [5.41, 5.74) is 0. The summed E-state index contributed by atoms with van der Waals surface area (Å²) < 4.78 is 1.68. The average Bonchev–Trinajstić information content (AvgIpc) is 2.33. The zero-order valence-electron chi connectivity index (χ0n) is 8.23. The van der Waals surface area contributed by atoms with Crippen LogP contribution in [-0.2, 0) is 4.79 Å². The van der Waals surface area contributed by atoms with Crippen molar-refractivity contribution in [2.75, 3.05) is 12.8 Å². The van der Waals surface area contributed by atoms with Gasteiger partial charge in [-0.2, -0.15) is 0 Å². The molecule has 0 N–H and O–H groups in total. The molecule has 0 saturated carbocycles. The van der Waals surface area contributed by atoms with Crippen LogP contribution in [0.5, 0.6) is 0 Å². The molecule has 10 nitrogen and oxygen atoms in total. The van der Waals surface area contributed by atoms with E-state index in [1.165, 1.54) is 0 Å². The van der Waals surface area contributed by atoms with E-state index in [0.717, 1.165) is 12.2 Å². The molecule has 1 fully saturated rings. The molecule has 0 radical (unpaired) electrons. The molecule has 0 bridgehead atoms. The van der Waals surface area contributed by atoms with Crippen molar-refractivity contribution < 1.29 is 15.0 Å². The second-order valence-corrected chi connectivity index (χ2v) is 3.14. The van der Waals surface area contributed by atoms with Gasteiger partial charge >= 0.3 is 23.1 Å². The van der Waals surface area contributed by atoms with E-state index in [0.29, 0.717) is 0 Å². The Bertz CT molecular complexity index is 220. The minimum atomic E-state index is -1.75. The number of hydrogen-bond donors (Lipinski definition) is 0. The van der Waals surface area contributed by atoms with Crippen molar-refractivity contribution in [3.8, 4) is 0 Å². The van der Waals surface area contributed by atoms with Crippen LogP contribution in [-0.4, -0.2) is 56.2 Å². The van der Waals surface area contributed by atoms with Gasteiger partial charge in [0.15, 0.2) is 0 Å². The standard InChI is InChI=1S/C4H7NOS.Mg.2NO3/c1-5-4(6)2-3-7-5;;2*2-1(3)4/h2-3H2,1H3;;;/q;+2;2*-1. The van der Waals surface area contributed by atoms with Gasteiger partial charge in [0.05, 0.1) is 10.2 Å². The Kier molecular flexibility index (Phi) is 15.4. The quantitative estimate of drug-likeness (QED) is 0.249. The minimum Gasteiger partial charge on any atom is -0.356 e. The topological polar surface area (TPSA) is 153 Å². The molecule has 88 valence electrons. The molecular weight excluding hydrogens is 258 g/mol. The third-order valence-electron chi connectivity index (χ3n) is 0.952. The smallest absolute Gasteiger partial charge is 0.356 e. The molecule has 1 aliphatic rings. The van der Waals surface area contributed by atoms with Gasteiger partial charge in [0, 0.05) is 19.2 Å². The van der Waals surface area contributed by atoms with E-state index in [9.17, 15) is 4.79 Å². The first-order valence-electron chi connectivity index (χ1n) is 3.30. The zero-order valence-corrected chi connectivity index (χ0v) is 10.5. The number of nitrogens with zero attached hydrogens (tertiary/aromatic N) is 3. The second-order valence-electron chi connectivity index (χ2n) is 1.92. The van der Waals surface area contributed by atoms with Gasteiger partial charge in [-0.15, -0.1) is 0 Å². The third kappa shape index (κ3) is 23.1. The molecule has 0 aliphatic carbocycles. The van der Waals surface area contributed by atoms with Crippen LogP contribution < -0.4 is 0 Å². The Morgan fingerprint density at radius 1 is 1.19 bits per heavy atom. The van der Waals surface area contributed by atoms with Gasteiger partial charge in [-0.05, 0) is 11.9 Å². The normalized spacial score (nSPS) is 12.3. The Morgan fingerprint density at radius 3 is 1.56 bits per heavy atom. The van der Waals surface area contributed by atoms with Crippen LogP contribution in [0.1, 0.15) is 6.42 Å². The maximum Gasteiger partial charge on any atom is 2.00 e. The van der Waals surface area contributed by atoms with Crippen LogP contribution in [0.2, 0.25) is 0 Å². The molecule has 1 heterocycles. The van der Waals surface area contributed by atoms with Gasteiger partial charge < -0.3 is 30.6 Å². The first-order chi connectivity index (χ1) is 6.77. The number of rotatable bonds is 0. The number of hydrogen-bond acceptors (Lipinski definition) is 8. The molecule has 0 aromatic rings. The first-order valence-corrected chi connectivity index (χ1v) is 4.24. The number of carbonyl (C=O) groups excluding carboxylic acids is 1. The van der Waals surface area contributed by atoms with Gasteiger partial charge in [-0.1, -0.05) is 0 Å². The fraction of sp³-hybridized carbons (Fsp3) is 0.750. The monoisotopic (exact) mass is 265 g/mol. The molecule has 16 heavy (non-hydrogen) atoms. The summed E-state index contributed by atoms with van der Waals surface area (Å²) in [6.07, 6.45) is 0.723. The Hall–Kier alpha value is -1.01. The van der Waals surface area contributed by atoms with E-state index in [1.54, 1.807) is 23.3 Å². The predicted octanol–water partition coefficient (Wildman–Crippen LogP) is -0.362. The Labute approximate surface area is 110 Å². The maximum absolute atomic E-state index is 10.5. The van der Waals surface area contributed by atoms with E-state index in [-0.39, 0.29) is 29.0 Å². The third-order valence-corrected chi connectivity index (χ3v) is 1.93. The van der Waals surface area contributed by atoms with Gasteiger partial charge in [0.1, 0.15) is 0 Å². The predicted molar refractivity (Wildman–Crippen MR) is 56.3 cm³/mol. The SMILES string of the molecule is CN1SCCC1=O.O=[N+]([O-])[O-].O=[N+]([O-])[O-].[Mg+2]. The van der Waals surface area contributed by atoms with Gasteiger partial charge in [-0.3, -0.25) is 9.10 Å². The molecule has 0 atom stereocenters. The Morgan fingerprint density at radius 2 is 1.50 bits per heavy atom. The van der Waals surface area contributed by atoms with E-state index in [1.807, 2.05) is 0 Å². The molecule has 0 spiro atoms. The fourth-order valence-corrected chi connectivity index (χ4v) is 1.27. The van der Waals surface area contributed by atoms with E-state index < -0.39 is 10.2 Å². The molecule has 1 rings (SSSR count). The van der Waals surface area contributed by atoms with Crippen molar-refractivity contribution in [1.82, 2.24) is 4.31 Å². The molecule has 1 aliphatic heterocycles. The largest absolute Gasteiger partial charge is 2.00 e. The van der Waals surface area contributed by atoms with Crippen molar-refractivity contribution in [2.24, 2.45) is 0 Å². The minimum absolute atomic E-state index is 0. The van der Waals surface area contributed by atoms with Crippen molar-refractivity contribution in [3.05, 3.63) is 30.6 Å². The van der Waals surface area contributed by atoms with Gasteiger partial charge in [-0.25, -0.2) is 0 Å². The van der Waals surface area contributed by atoms with Crippen LogP contribution in [0.25, 0.3) is 0 Å². The van der Waals surface area contributed by atoms with Crippen LogP contribution in [0.3, 0.4) is 0 Å². The summed E-state index contributed by atoms with van der Waals surface area (Å²) in [5.74, 6) is 1.22. The maximum atomic E-state index is 10.5. The average molecular weight is 265 g/mol. The molecule has 0 aromatic carbocycles.